The molecule has 154 valence electrons. The maximum absolute atomic E-state index is 12.7. The van der Waals surface area contributed by atoms with Crippen LogP contribution in [0.4, 0.5) is 0 Å². The molecule has 2 heterocycles. The van der Waals surface area contributed by atoms with Crippen molar-refractivity contribution in [3.8, 4) is 0 Å². The Balaban J connectivity index is 1.39. The molecular formula is C22H27N3O3S. The Morgan fingerprint density at radius 1 is 1.28 bits per heavy atom. The first-order valence-corrected chi connectivity index (χ1v) is 11.3. The molecule has 7 heteroatoms. The molecule has 0 bridgehead atoms. The fourth-order valence-corrected chi connectivity index (χ4v) is 4.88. The zero-order valence-corrected chi connectivity index (χ0v) is 17.6. The van der Waals surface area contributed by atoms with Crippen LogP contribution in [0, 0.1) is 6.92 Å². The number of amides is 1. The van der Waals surface area contributed by atoms with Crippen LogP contribution in [0.25, 0.3) is 0 Å². The summed E-state index contributed by atoms with van der Waals surface area (Å²) in [6, 6.07) is 8.11. The fourth-order valence-electron chi connectivity index (χ4n) is 3.98. The second kappa shape index (κ2) is 9.13. The monoisotopic (exact) mass is 413 g/mol. The number of fused-ring (bicyclic) bond motifs is 1. The Bertz CT molecular complexity index is 934. The van der Waals surface area contributed by atoms with Gasteiger partial charge in [-0.25, -0.2) is 4.79 Å². The molecule has 0 radical (unpaired) electrons. The van der Waals surface area contributed by atoms with E-state index in [-0.39, 0.29) is 23.5 Å². The largest absolute Gasteiger partial charge is 0.376 e. The van der Waals surface area contributed by atoms with Gasteiger partial charge in [0.1, 0.15) is 5.03 Å². The van der Waals surface area contributed by atoms with Crippen LogP contribution in [-0.2, 0) is 35.5 Å². The summed E-state index contributed by atoms with van der Waals surface area (Å²) in [6.45, 7) is 3.92. The lowest BCUT2D eigenvalue weighted by Crippen LogP contribution is -2.32. The van der Waals surface area contributed by atoms with Crippen LogP contribution in [0.2, 0.25) is 0 Å². The Morgan fingerprint density at radius 3 is 2.86 bits per heavy atom. The number of ether oxygens (including phenoxy) is 1. The van der Waals surface area contributed by atoms with Crippen molar-refractivity contribution in [2.24, 2.45) is 0 Å². The summed E-state index contributed by atoms with van der Waals surface area (Å²) in [4.78, 5) is 29.3. The first-order valence-electron chi connectivity index (χ1n) is 10.3. The number of hydrogen-bond donors (Lipinski definition) is 1. The van der Waals surface area contributed by atoms with Gasteiger partial charge in [-0.05, 0) is 44.6 Å². The topological polar surface area (TPSA) is 73.2 Å². The minimum absolute atomic E-state index is 0.0485. The second-order valence-electron chi connectivity index (χ2n) is 7.77. The SMILES string of the molecule is Cc1ccc(CNC(=O)CSc2nc(=O)n(C[C@@H]3CCCO3)c3c2CCC3)cc1. The standard InChI is InChI=1S/C22H27N3O3S/c1-15-7-9-16(10-8-15)12-23-20(26)14-29-21-18-5-2-6-19(18)25(22(27)24-21)13-17-4-3-11-28-17/h7-10,17H,2-6,11-14H2,1H3,(H,23,26)/t17-/m0/s1. The average Bonchev–Trinajstić information content (AvgIpc) is 3.40. The number of aromatic nitrogens is 2. The molecule has 1 atom stereocenters. The molecule has 6 nitrogen and oxygen atoms in total. The molecule has 1 aromatic carbocycles. The molecule has 4 rings (SSSR count). The third-order valence-electron chi connectivity index (χ3n) is 5.56. The molecule has 0 spiro atoms. The van der Waals surface area contributed by atoms with E-state index in [9.17, 15) is 9.59 Å². The molecule has 1 aliphatic carbocycles. The maximum Gasteiger partial charge on any atom is 0.348 e. The van der Waals surface area contributed by atoms with Gasteiger partial charge < -0.3 is 10.1 Å². The van der Waals surface area contributed by atoms with Gasteiger partial charge in [0.2, 0.25) is 5.91 Å². The number of rotatable bonds is 7. The smallest absolute Gasteiger partial charge is 0.348 e. The van der Waals surface area contributed by atoms with Crippen LogP contribution in [-0.4, -0.2) is 33.9 Å². The van der Waals surface area contributed by atoms with E-state index in [1.165, 1.54) is 17.3 Å². The number of carbonyl (C=O) groups is 1. The molecule has 1 fully saturated rings. The lowest BCUT2D eigenvalue weighted by atomic mass is 10.1. The van der Waals surface area contributed by atoms with E-state index < -0.39 is 0 Å². The van der Waals surface area contributed by atoms with Crippen LogP contribution in [0.3, 0.4) is 0 Å². The Kier molecular flexibility index (Phi) is 6.35. The van der Waals surface area contributed by atoms with E-state index in [0.717, 1.165) is 60.6 Å². The van der Waals surface area contributed by atoms with Gasteiger partial charge in [-0.3, -0.25) is 9.36 Å². The predicted molar refractivity (Wildman–Crippen MR) is 113 cm³/mol. The Morgan fingerprint density at radius 2 is 2.10 bits per heavy atom. The summed E-state index contributed by atoms with van der Waals surface area (Å²) < 4.78 is 7.51. The first-order chi connectivity index (χ1) is 14.1. The molecule has 1 aliphatic heterocycles. The Hall–Kier alpha value is -2.12. The second-order valence-corrected chi connectivity index (χ2v) is 8.74. The van der Waals surface area contributed by atoms with Gasteiger partial charge >= 0.3 is 5.69 Å². The number of nitrogens with zero attached hydrogens (tertiary/aromatic N) is 2. The molecule has 2 aromatic rings. The normalized spacial score (nSPS) is 18.0. The van der Waals surface area contributed by atoms with E-state index >= 15 is 0 Å². The predicted octanol–water partition coefficient (Wildman–Crippen LogP) is 2.63. The lowest BCUT2D eigenvalue weighted by Gasteiger charge is -2.17. The van der Waals surface area contributed by atoms with E-state index in [1.807, 2.05) is 31.2 Å². The quantitative estimate of drug-likeness (QED) is 0.558. The molecular weight excluding hydrogens is 386 g/mol. The number of nitrogens with one attached hydrogen (secondary N) is 1. The van der Waals surface area contributed by atoms with Gasteiger partial charge in [-0.2, -0.15) is 4.98 Å². The average molecular weight is 414 g/mol. The number of aryl methyl sites for hydroxylation is 1. The molecule has 1 amide bonds. The lowest BCUT2D eigenvalue weighted by molar-refractivity contribution is -0.118. The highest BCUT2D eigenvalue weighted by Crippen LogP contribution is 2.29. The summed E-state index contributed by atoms with van der Waals surface area (Å²) in [5, 5.41) is 3.66. The van der Waals surface area contributed by atoms with E-state index in [1.54, 1.807) is 4.57 Å². The zero-order valence-electron chi connectivity index (χ0n) is 16.8. The molecule has 1 aromatic heterocycles. The third kappa shape index (κ3) is 4.90. The first kappa shape index (κ1) is 20.2. The van der Waals surface area contributed by atoms with Crippen molar-refractivity contribution in [3.63, 3.8) is 0 Å². The summed E-state index contributed by atoms with van der Waals surface area (Å²) in [5.41, 5.74) is 4.28. The summed E-state index contributed by atoms with van der Waals surface area (Å²) >= 11 is 1.37. The van der Waals surface area contributed by atoms with Gasteiger partial charge in [0.05, 0.1) is 18.4 Å². The van der Waals surface area contributed by atoms with Gasteiger partial charge in [-0.1, -0.05) is 41.6 Å². The highest BCUT2D eigenvalue weighted by molar-refractivity contribution is 7.99. The number of thioether (sulfide) groups is 1. The Labute approximate surface area is 175 Å². The van der Waals surface area contributed by atoms with Gasteiger partial charge in [0.25, 0.3) is 0 Å². The summed E-state index contributed by atoms with van der Waals surface area (Å²) in [6.07, 6.45) is 5.01. The van der Waals surface area contributed by atoms with Crippen LogP contribution >= 0.6 is 11.8 Å². The number of benzene rings is 1. The number of hydrogen-bond acceptors (Lipinski definition) is 5. The molecule has 2 aliphatic rings. The highest BCUT2D eigenvalue weighted by Gasteiger charge is 2.25. The molecule has 1 N–H and O–H groups in total. The van der Waals surface area contributed by atoms with Crippen molar-refractivity contribution in [2.75, 3.05) is 12.4 Å². The molecule has 29 heavy (non-hydrogen) atoms. The van der Waals surface area contributed by atoms with Crippen LogP contribution in [0.5, 0.6) is 0 Å². The van der Waals surface area contributed by atoms with Crippen molar-refractivity contribution in [3.05, 3.63) is 57.1 Å². The fraction of sp³-hybridized carbons (Fsp3) is 0.500. The van der Waals surface area contributed by atoms with E-state index in [0.29, 0.717) is 13.1 Å². The van der Waals surface area contributed by atoms with Crippen LogP contribution in [0.15, 0.2) is 34.1 Å². The molecule has 0 saturated carbocycles. The van der Waals surface area contributed by atoms with Crippen molar-refractivity contribution in [2.45, 2.75) is 63.2 Å². The highest BCUT2D eigenvalue weighted by atomic mass is 32.2. The van der Waals surface area contributed by atoms with Crippen LogP contribution in [0.1, 0.15) is 41.6 Å². The van der Waals surface area contributed by atoms with Gasteiger partial charge in [0, 0.05) is 24.4 Å². The van der Waals surface area contributed by atoms with Crippen molar-refractivity contribution in [1.29, 1.82) is 0 Å². The van der Waals surface area contributed by atoms with Gasteiger partial charge in [-0.15, -0.1) is 0 Å². The maximum atomic E-state index is 12.7. The van der Waals surface area contributed by atoms with Crippen molar-refractivity contribution in [1.82, 2.24) is 14.9 Å². The van der Waals surface area contributed by atoms with E-state index in [4.69, 9.17) is 4.74 Å². The summed E-state index contributed by atoms with van der Waals surface area (Å²) in [5.74, 6) is 0.216. The molecule has 1 saturated heterocycles. The van der Waals surface area contributed by atoms with E-state index in [2.05, 4.69) is 10.3 Å². The van der Waals surface area contributed by atoms with Crippen molar-refractivity contribution >= 4 is 17.7 Å². The van der Waals surface area contributed by atoms with Gasteiger partial charge in [0.15, 0.2) is 0 Å². The summed E-state index contributed by atoms with van der Waals surface area (Å²) in [7, 11) is 0. The zero-order chi connectivity index (χ0) is 20.2. The minimum Gasteiger partial charge on any atom is -0.376 e. The third-order valence-corrected chi connectivity index (χ3v) is 6.58. The number of carbonyl (C=O) groups excluding carboxylic acids is 1. The molecule has 0 unspecified atom stereocenters. The minimum atomic E-state index is -0.219. The van der Waals surface area contributed by atoms with Crippen LogP contribution < -0.4 is 11.0 Å². The van der Waals surface area contributed by atoms with Crippen molar-refractivity contribution < 1.29 is 9.53 Å².